The van der Waals surface area contributed by atoms with Gasteiger partial charge in [0, 0.05) is 43.2 Å². The van der Waals surface area contributed by atoms with Crippen LogP contribution in [0.2, 0.25) is 0 Å². The van der Waals surface area contributed by atoms with Crippen molar-refractivity contribution in [1.29, 1.82) is 0 Å². The SMILES string of the molecule is O=C(CCN1C(=O)CCc2ccccc21)NC1CC2CCC(C1)N2. The third kappa shape index (κ3) is 3.18. The molecule has 2 bridgehead atoms. The van der Waals surface area contributed by atoms with E-state index in [0.29, 0.717) is 37.5 Å². The second-order valence-corrected chi connectivity index (χ2v) is 7.30. The van der Waals surface area contributed by atoms with Crippen LogP contribution >= 0.6 is 0 Å². The van der Waals surface area contributed by atoms with Crippen LogP contribution in [0.3, 0.4) is 0 Å². The first kappa shape index (κ1) is 15.6. The third-order valence-electron chi connectivity index (χ3n) is 5.59. The van der Waals surface area contributed by atoms with Crippen LogP contribution in [0.1, 0.15) is 44.1 Å². The van der Waals surface area contributed by atoms with Gasteiger partial charge in [-0.05, 0) is 43.7 Å². The zero-order valence-electron chi connectivity index (χ0n) is 14.0. The summed E-state index contributed by atoms with van der Waals surface area (Å²) in [6.07, 6.45) is 6.25. The molecule has 1 aromatic carbocycles. The van der Waals surface area contributed by atoms with Gasteiger partial charge in [0.1, 0.15) is 0 Å². The number of carbonyl (C=O) groups excluding carboxylic acids is 2. The van der Waals surface area contributed by atoms with Gasteiger partial charge in [-0.1, -0.05) is 18.2 Å². The lowest BCUT2D eigenvalue weighted by Crippen LogP contribution is -2.48. The first-order valence-electron chi connectivity index (χ1n) is 9.13. The number of hydrogen-bond donors (Lipinski definition) is 2. The van der Waals surface area contributed by atoms with E-state index in [-0.39, 0.29) is 11.8 Å². The molecule has 128 valence electrons. The number of benzene rings is 1. The van der Waals surface area contributed by atoms with Gasteiger partial charge in [-0.25, -0.2) is 0 Å². The molecule has 4 rings (SSSR count). The van der Waals surface area contributed by atoms with Crippen LogP contribution in [-0.4, -0.2) is 36.5 Å². The number of anilines is 1. The fourth-order valence-electron chi connectivity index (χ4n) is 4.43. The van der Waals surface area contributed by atoms with E-state index in [2.05, 4.69) is 16.7 Å². The molecule has 0 aromatic heterocycles. The van der Waals surface area contributed by atoms with Crippen molar-refractivity contribution in [2.45, 2.75) is 63.1 Å². The summed E-state index contributed by atoms with van der Waals surface area (Å²) in [4.78, 5) is 26.4. The molecule has 2 N–H and O–H groups in total. The van der Waals surface area contributed by atoms with E-state index in [1.165, 1.54) is 18.4 Å². The second kappa shape index (κ2) is 6.55. The van der Waals surface area contributed by atoms with Crippen molar-refractivity contribution in [2.24, 2.45) is 0 Å². The third-order valence-corrected chi connectivity index (χ3v) is 5.59. The number of hydrogen-bond acceptors (Lipinski definition) is 3. The summed E-state index contributed by atoms with van der Waals surface area (Å²) in [5.74, 6) is 0.193. The molecular weight excluding hydrogens is 302 g/mol. The van der Waals surface area contributed by atoms with Crippen LogP contribution in [0.15, 0.2) is 24.3 Å². The zero-order chi connectivity index (χ0) is 16.5. The highest BCUT2D eigenvalue weighted by Crippen LogP contribution is 2.28. The number of rotatable bonds is 4. The number of nitrogens with one attached hydrogen (secondary N) is 2. The van der Waals surface area contributed by atoms with E-state index in [9.17, 15) is 9.59 Å². The number of piperidine rings is 1. The minimum absolute atomic E-state index is 0.0668. The minimum Gasteiger partial charge on any atom is -0.353 e. The Hall–Kier alpha value is -1.88. The predicted octanol–water partition coefficient (Wildman–Crippen LogP) is 1.76. The van der Waals surface area contributed by atoms with Crippen LogP contribution in [0.5, 0.6) is 0 Å². The van der Waals surface area contributed by atoms with Crippen molar-refractivity contribution in [3.05, 3.63) is 29.8 Å². The minimum atomic E-state index is 0.0668. The normalized spacial score (nSPS) is 28.6. The number of para-hydroxylation sites is 1. The number of amides is 2. The summed E-state index contributed by atoms with van der Waals surface area (Å²) in [7, 11) is 0. The van der Waals surface area contributed by atoms with Gasteiger partial charge in [0.2, 0.25) is 11.8 Å². The van der Waals surface area contributed by atoms with Gasteiger partial charge in [0.15, 0.2) is 0 Å². The van der Waals surface area contributed by atoms with Gasteiger partial charge in [0.25, 0.3) is 0 Å². The summed E-state index contributed by atoms with van der Waals surface area (Å²) in [5, 5.41) is 6.77. The molecule has 1 aromatic rings. The van der Waals surface area contributed by atoms with Gasteiger partial charge in [-0.2, -0.15) is 0 Å². The quantitative estimate of drug-likeness (QED) is 0.886. The summed E-state index contributed by atoms with van der Waals surface area (Å²) < 4.78 is 0. The molecule has 3 aliphatic heterocycles. The van der Waals surface area contributed by atoms with E-state index < -0.39 is 0 Å². The molecule has 3 heterocycles. The van der Waals surface area contributed by atoms with E-state index >= 15 is 0 Å². The zero-order valence-corrected chi connectivity index (χ0v) is 14.0. The van der Waals surface area contributed by atoms with Gasteiger partial charge in [-0.3, -0.25) is 9.59 Å². The second-order valence-electron chi connectivity index (χ2n) is 7.30. The van der Waals surface area contributed by atoms with Crippen LogP contribution in [0.25, 0.3) is 0 Å². The lowest BCUT2D eigenvalue weighted by Gasteiger charge is -2.31. The van der Waals surface area contributed by atoms with Gasteiger partial charge in [0.05, 0.1) is 0 Å². The smallest absolute Gasteiger partial charge is 0.227 e. The maximum absolute atomic E-state index is 12.3. The summed E-state index contributed by atoms with van der Waals surface area (Å²) in [5.41, 5.74) is 2.17. The average Bonchev–Trinajstić information content (AvgIpc) is 2.92. The van der Waals surface area contributed by atoms with E-state index in [1.54, 1.807) is 4.90 Å². The number of aryl methyl sites for hydroxylation is 1. The summed E-state index contributed by atoms with van der Waals surface area (Å²) >= 11 is 0. The molecule has 2 saturated heterocycles. The van der Waals surface area contributed by atoms with Crippen LogP contribution < -0.4 is 15.5 Å². The van der Waals surface area contributed by atoms with Crippen LogP contribution in [0, 0.1) is 0 Å². The van der Waals surface area contributed by atoms with E-state index in [4.69, 9.17) is 0 Å². The summed E-state index contributed by atoms with van der Waals surface area (Å²) in [6, 6.07) is 9.45. The molecule has 0 saturated carbocycles. The molecular formula is C19H25N3O2. The Bertz CT molecular complexity index is 633. The number of carbonyl (C=O) groups is 2. The predicted molar refractivity (Wildman–Crippen MR) is 92.8 cm³/mol. The van der Waals surface area contributed by atoms with Crippen molar-refractivity contribution in [3.63, 3.8) is 0 Å². The molecule has 5 heteroatoms. The summed E-state index contributed by atoms with van der Waals surface area (Å²) in [6.45, 7) is 0.472. The molecule has 5 nitrogen and oxygen atoms in total. The molecule has 2 unspecified atom stereocenters. The molecule has 2 fully saturated rings. The average molecular weight is 327 g/mol. The van der Waals surface area contributed by atoms with Crippen molar-refractivity contribution in [3.8, 4) is 0 Å². The van der Waals surface area contributed by atoms with Crippen LogP contribution in [-0.2, 0) is 16.0 Å². The first-order valence-corrected chi connectivity index (χ1v) is 9.13. The van der Waals surface area contributed by atoms with Gasteiger partial charge in [-0.15, -0.1) is 0 Å². The Kier molecular flexibility index (Phi) is 4.27. The Labute approximate surface area is 142 Å². The van der Waals surface area contributed by atoms with Gasteiger partial charge < -0.3 is 15.5 Å². The number of fused-ring (bicyclic) bond motifs is 3. The highest BCUT2D eigenvalue weighted by atomic mass is 16.2. The van der Waals surface area contributed by atoms with Crippen molar-refractivity contribution in [2.75, 3.05) is 11.4 Å². The maximum Gasteiger partial charge on any atom is 0.227 e. The van der Waals surface area contributed by atoms with Crippen molar-refractivity contribution < 1.29 is 9.59 Å². The standard InChI is InChI=1S/C19H25N3O2/c23-18(21-16-11-14-6-7-15(12-16)20-14)9-10-22-17-4-2-1-3-13(17)5-8-19(22)24/h1-4,14-16,20H,5-12H2,(H,21,23). The maximum atomic E-state index is 12.3. The highest BCUT2D eigenvalue weighted by Gasteiger charge is 2.34. The molecule has 0 spiro atoms. The lowest BCUT2D eigenvalue weighted by atomic mass is 9.99. The van der Waals surface area contributed by atoms with E-state index in [0.717, 1.165) is 24.9 Å². The topological polar surface area (TPSA) is 61.4 Å². The largest absolute Gasteiger partial charge is 0.353 e. The Morgan fingerprint density at radius 2 is 1.92 bits per heavy atom. The Balaban J connectivity index is 1.33. The fraction of sp³-hybridized carbons (Fsp3) is 0.579. The lowest BCUT2D eigenvalue weighted by molar-refractivity contribution is -0.122. The first-order chi connectivity index (χ1) is 11.7. The van der Waals surface area contributed by atoms with E-state index in [1.807, 2.05) is 18.2 Å². The Morgan fingerprint density at radius 3 is 2.71 bits per heavy atom. The van der Waals surface area contributed by atoms with Crippen molar-refractivity contribution in [1.82, 2.24) is 10.6 Å². The molecule has 3 aliphatic rings. The molecule has 2 atom stereocenters. The van der Waals surface area contributed by atoms with Gasteiger partial charge >= 0.3 is 0 Å². The molecule has 0 aliphatic carbocycles. The fourth-order valence-corrected chi connectivity index (χ4v) is 4.43. The van der Waals surface area contributed by atoms with Crippen LogP contribution in [0.4, 0.5) is 5.69 Å². The number of nitrogens with zero attached hydrogens (tertiary/aromatic N) is 1. The van der Waals surface area contributed by atoms with Crippen molar-refractivity contribution >= 4 is 17.5 Å². The monoisotopic (exact) mass is 327 g/mol. The molecule has 2 amide bonds. The Morgan fingerprint density at radius 1 is 1.17 bits per heavy atom. The molecule has 0 radical (unpaired) electrons. The highest BCUT2D eigenvalue weighted by molar-refractivity contribution is 5.97. The molecule has 24 heavy (non-hydrogen) atoms.